The van der Waals surface area contributed by atoms with E-state index >= 15 is 0 Å². The molecule has 0 unspecified atom stereocenters. The van der Waals surface area contributed by atoms with Gasteiger partial charge in [-0.3, -0.25) is 4.98 Å². The molecule has 4 nitrogen and oxygen atoms in total. The van der Waals surface area contributed by atoms with E-state index in [-0.39, 0.29) is 16.9 Å². The van der Waals surface area contributed by atoms with Crippen LogP contribution in [-0.2, 0) is 0 Å². The summed E-state index contributed by atoms with van der Waals surface area (Å²) < 4.78 is 0. The van der Waals surface area contributed by atoms with Gasteiger partial charge in [0.25, 0.3) is 11.6 Å². The molecule has 1 heterocycles. The van der Waals surface area contributed by atoms with Crippen molar-refractivity contribution < 1.29 is 0 Å². The minimum absolute atomic E-state index is 0.0278. The van der Waals surface area contributed by atoms with Gasteiger partial charge in [-0.1, -0.05) is 18.1 Å². The molecule has 1 rings (SSSR count). The van der Waals surface area contributed by atoms with Crippen molar-refractivity contribution in [1.29, 1.82) is 0 Å². The summed E-state index contributed by atoms with van der Waals surface area (Å²) in [5, 5.41) is 0.0806. The van der Waals surface area contributed by atoms with Crippen LogP contribution in [0, 0.1) is 13.1 Å². The molecule has 0 saturated heterocycles. The zero-order valence-electron chi connectivity index (χ0n) is 4.72. The third-order valence-corrected chi connectivity index (χ3v) is 1.03. The van der Waals surface area contributed by atoms with Gasteiger partial charge in [0.2, 0.25) is 0 Å². The van der Waals surface area contributed by atoms with E-state index in [4.69, 9.17) is 24.7 Å². The predicted molar refractivity (Wildman–Crippen MR) is 36.1 cm³/mol. The molecule has 0 spiro atoms. The summed E-state index contributed by atoms with van der Waals surface area (Å²) in [6, 6.07) is 0. The first-order valence-corrected chi connectivity index (χ1v) is 2.66. The zero-order chi connectivity index (χ0) is 7.56. The lowest BCUT2D eigenvalue weighted by Gasteiger charge is -1.78. The minimum Gasteiger partial charge on any atom is -0.373 e. The molecule has 1 N–H and O–H groups in total. The fourth-order valence-electron chi connectivity index (χ4n) is 0.483. The van der Waals surface area contributed by atoms with E-state index in [1.807, 2.05) is 0 Å². The second-order valence-electron chi connectivity index (χ2n) is 1.42. The Balaban J connectivity index is 3.28. The second kappa shape index (κ2) is 2.38. The molecule has 0 aliphatic carbocycles. The lowest BCUT2D eigenvalue weighted by molar-refractivity contribution is 1.32. The van der Waals surface area contributed by atoms with Crippen LogP contribution in [0.3, 0.4) is 0 Å². The SMILES string of the molecule is [C-]#[N+]c1nc(Cl)[nH]c1[N+]#[C-]. The van der Waals surface area contributed by atoms with Crippen molar-refractivity contribution in [3.05, 3.63) is 28.1 Å². The van der Waals surface area contributed by atoms with Crippen LogP contribution >= 0.6 is 11.6 Å². The Morgan fingerprint density at radius 3 is 2.50 bits per heavy atom. The van der Waals surface area contributed by atoms with E-state index in [0.29, 0.717) is 0 Å². The van der Waals surface area contributed by atoms with Crippen molar-refractivity contribution >= 4 is 23.2 Å². The maximum absolute atomic E-state index is 6.55. The first-order valence-electron chi connectivity index (χ1n) is 2.28. The van der Waals surface area contributed by atoms with Crippen molar-refractivity contribution in [2.75, 3.05) is 0 Å². The molecule has 48 valence electrons. The van der Waals surface area contributed by atoms with E-state index in [1.165, 1.54) is 0 Å². The van der Waals surface area contributed by atoms with Gasteiger partial charge >= 0.3 is 5.28 Å². The predicted octanol–water partition coefficient (Wildman–Crippen LogP) is 2.16. The minimum atomic E-state index is 0.0278. The van der Waals surface area contributed by atoms with Crippen LogP contribution < -0.4 is 0 Å². The third-order valence-electron chi connectivity index (χ3n) is 0.855. The Kier molecular flexibility index (Phi) is 1.57. The van der Waals surface area contributed by atoms with Crippen LogP contribution in [0.5, 0.6) is 0 Å². The number of hydrogen-bond acceptors (Lipinski definition) is 1. The summed E-state index contributed by atoms with van der Waals surface area (Å²) in [5.41, 5.74) is 0. The number of imidazole rings is 1. The maximum atomic E-state index is 6.55. The highest BCUT2D eigenvalue weighted by Gasteiger charge is 2.09. The summed E-state index contributed by atoms with van der Waals surface area (Å²) in [7, 11) is 0. The summed E-state index contributed by atoms with van der Waals surface area (Å²) in [6.07, 6.45) is 0. The largest absolute Gasteiger partial charge is 0.373 e. The monoisotopic (exact) mass is 152 g/mol. The first-order chi connectivity index (χ1) is 4.77. The number of aromatic amines is 1. The van der Waals surface area contributed by atoms with Crippen molar-refractivity contribution in [3.8, 4) is 0 Å². The van der Waals surface area contributed by atoms with Crippen LogP contribution in [-0.4, -0.2) is 9.97 Å². The lowest BCUT2D eigenvalue weighted by Crippen LogP contribution is -1.58. The molecule has 5 heteroatoms. The van der Waals surface area contributed by atoms with Gasteiger partial charge in [-0.15, -0.1) is 0 Å². The molecule has 10 heavy (non-hydrogen) atoms. The van der Waals surface area contributed by atoms with Crippen molar-refractivity contribution in [2.24, 2.45) is 0 Å². The normalized spacial score (nSPS) is 8.30. The van der Waals surface area contributed by atoms with Crippen LogP contribution in [0.1, 0.15) is 0 Å². The van der Waals surface area contributed by atoms with Gasteiger partial charge in [0.05, 0.1) is 0 Å². The molecular formula is C5HClN4. The standard InChI is InChI=1S/C5HClN4/c1-7-3-4(8-2)10-5(6)9-3/h(H,9,10). The zero-order valence-corrected chi connectivity index (χ0v) is 5.48. The topological polar surface area (TPSA) is 37.4 Å². The molecule has 1 aromatic rings. The number of rotatable bonds is 0. The highest BCUT2D eigenvalue weighted by Crippen LogP contribution is 2.25. The molecule has 0 fully saturated rings. The van der Waals surface area contributed by atoms with Crippen molar-refractivity contribution in [3.63, 3.8) is 0 Å². The van der Waals surface area contributed by atoms with Gasteiger partial charge in [0.15, 0.2) is 0 Å². The smallest absolute Gasteiger partial charge is 0.365 e. The highest BCUT2D eigenvalue weighted by molar-refractivity contribution is 6.28. The quantitative estimate of drug-likeness (QED) is 0.569. The molecule has 0 aliphatic heterocycles. The summed E-state index contributed by atoms with van der Waals surface area (Å²) >= 11 is 5.37. The van der Waals surface area contributed by atoms with Gasteiger partial charge < -0.3 is 9.69 Å². The van der Waals surface area contributed by atoms with Crippen molar-refractivity contribution in [2.45, 2.75) is 0 Å². The fraction of sp³-hybridized carbons (Fsp3) is 0. The van der Waals surface area contributed by atoms with Gasteiger partial charge in [-0.25, -0.2) is 0 Å². The van der Waals surface area contributed by atoms with Gasteiger partial charge in [-0.05, 0) is 0 Å². The molecule has 0 radical (unpaired) electrons. The Bertz CT molecular complexity index is 295. The number of nitrogens with one attached hydrogen (secondary N) is 1. The van der Waals surface area contributed by atoms with Gasteiger partial charge in [0, 0.05) is 11.6 Å². The molecule has 0 aliphatic rings. The van der Waals surface area contributed by atoms with Gasteiger partial charge in [-0.2, -0.15) is 0 Å². The van der Waals surface area contributed by atoms with E-state index in [0.717, 1.165) is 0 Å². The summed E-state index contributed by atoms with van der Waals surface area (Å²) in [5.74, 6) is 0.125. The average Bonchev–Trinajstić information content (AvgIpc) is 2.30. The number of H-pyrrole nitrogens is 1. The van der Waals surface area contributed by atoms with E-state index in [2.05, 4.69) is 19.7 Å². The Hall–Kier alpha value is -1.52. The van der Waals surface area contributed by atoms with E-state index in [9.17, 15) is 0 Å². The average molecular weight is 153 g/mol. The highest BCUT2D eigenvalue weighted by atomic mass is 35.5. The molecule has 0 amide bonds. The lowest BCUT2D eigenvalue weighted by atomic mass is 10.7. The van der Waals surface area contributed by atoms with Crippen LogP contribution in [0.2, 0.25) is 5.28 Å². The Morgan fingerprint density at radius 2 is 2.10 bits per heavy atom. The molecule has 0 bridgehead atoms. The van der Waals surface area contributed by atoms with Crippen LogP contribution in [0.15, 0.2) is 0 Å². The molecule has 0 atom stereocenters. The maximum Gasteiger partial charge on any atom is 0.365 e. The Morgan fingerprint density at radius 1 is 1.40 bits per heavy atom. The van der Waals surface area contributed by atoms with Gasteiger partial charge in [0.1, 0.15) is 0 Å². The summed E-state index contributed by atoms with van der Waals surface area (Å²) in [4.78, 5) is 11.9. The van der Waals surface area contributed by atoms with Crippen LogP contribution in [0.4, 0.5) is 11.6 Å². The molecule has 0 saturated carbocycles. The number of halogens is 1. The molecule has 1 aromatic heterocycles. The fourth-order valence-corrected chi connectivity index (χ4v) is 0.653. The van der Waals surface area contributed by atoms with Crippen molar-refractivity contribution in [1.82, 2.24) is 9.97 Å². The summed E-state index contributed by atoms with van der Waals surface area (Å²) in [6.45, 7) is 13.1. The van der Waals surface area contributed by atoms with Crippen LogP contribution in [0.25, 0.3) is 9.69 Å². The number of aromatic nitrogens is 2. The number of nitrogens with zero attached hydrogens (tertiary/aromatic N) is 3. The molecule has 0 aromatic carbocycles. The third kappa shape index (κ3) is 0.928. The van der Waals surface area contributed by atoms with E-state index < -0.39 is 0 Å². The number of hydrogen-bond donors (Lipinski definition) is 1. The Labute approximate surface area is 62.1 Å². The molecular weight excluding hydrogens is 152 g/mol. The van der Waals surface area contributed by atoms with E-state index in [1.54, 1.807) is 0 Å². The second-order valence-corrected chi connectivity index (χ2v) is 1.78. The first kappa shape index (κ1) is 6.60.